The second-order valence-electron chi connectivity index (χ2n) is 5.23. The number of furan rings is 1. The fourth-order valence-corrected chi connectivity index (χ4v) is 2.44. The van der Waals surface area contributed by atoms with Crippen LogP contribution >= 0.6 is 0 Å². The van der Waals surface area contributed by atoms with Crippen LogP contribution in [0.3, 0.4) is 0 Å². The molecule has 0 radical (unpaired) electrons. The van der Waals surface area contributed by atoms with Crippen molar-refractivity contribution in [3.05, 3.63) is 64.6 Å². The van der Waals surface area contributed by atoms with E-state index in [9.17, 15) is 19.5 Å². The van der Waals surface area contributed by atoms with E-state index in [1.807, 2.05) is 0 Å². The normalized spacial score (nSPS) is 12.9. The molecule has 0 unspecified atom stereocenters. The monoisotopic (exact) mass is 364 g/mol. The molecule has 0 atom stereocenters. The van der Waals surface area contributed by atoms with E-state index < -0.39 is 23.3 Å². The van der Waals surface area contributed by atoms with Crippen molar-refractivity contribution in [1.29, 1.82) is 0 Å². The van der Waals surface area contributed by atoms with Crippen molar-refractivity contribution in [1.82, 2.24) is 0 Å². The quantitative estimate of drug-likeness (QED) is 0.169. The molecule has 1 aliphatic rings. The summed E-state index contributed by atoms with van der Waals surface area (Å²) in [6, 6.07) is 7.50. The number of hydrogen-bond donors (Lipinski definition) is 0. The number of fused-ring (bicyclic) bond motifs is 2. The predicted octanol–water partition coefficient (Wildman–Crippen LogP) is -2.05. The molecule has 1 aliphatic carbocycles. The molecule has 2 aromatic rings. The largest absolute Gasteiger partial charge is 1.00 e. The van der Waals surface area contributed by atoms with Crippen molar-refractivity contribution in [3.63, 3.8) is 0 Å². The summed E-state index contributed by atoms with van der Waals surface area (Å²) >= 11 is 0. The Morgan fingerprint density at radius 1 is 1.12 bits per heavy atom. The van der Waals surface area contributed by atoms with Gasteiger partial charge < -0.3 is 19.0 Å². The summed E-state index contributed by atoms with van der Waals surface area (Å²) in [4.78, 5) is 36.4. The van der Waals surface area contributed by atoms with Gasteiger partial charge in [0.05, 0.1) is 12.2 Å². The van der Waals surface area contributed by atoms with Gasteiger partial charge in [0.15, 0.2) is 11.5 Å². The average molecular weight is 364 g/mol. The number of benzene rings is 1. The summed E-state index contributed by atoms with van der Waals surface area (Å²) in [6.07, 6.45) is 0.696. The summed E-state index contributed by atoms with van der Waals surface area (Å²) in [5.41, 5.74) is 0.479. The van der Waals surface area contributed by atoms with Crippen LogP contribution in [0.25, 0.3) is 5.76 Å². The Bertz CT molecular complexity index is 842. The first-order chi connectivity index (χ1) is 12.0. The van der Waals surface area contributed by atoms with Crippen molar-refractivity contribution >= 4 is 23.3 Å². The van der Waals surface area contributed by atoms with Crippen LogP contribution in [0.15, 0.2) is 40.8 Å². The maximum absolute atomic E-state index is 12.4. The fourth-order valence-electron chi connectivity index (χ4n) is 2.44. The third-order valence-electron chi connectivity index (χ3n) is 3.62. The molecule has 0 N–H and O–H groups in total. The predicted molar refractivity (Wildman–Crippen MR) is 82.8 cm³/mol. The van der Waals surface area contributed by atoms with E-state index in [0.717, 1.165) is 0 Å². The molecular formula is C18H13NaO7. The second-order valence-corrected chi connectivity index (χ2v) is 5.23. The van der Waals surface area contributed by atoms with Gasteiger partial charge in [-0.05, 0) is 6.07 Å². The van der Waals surface area contributed by atoms with Crippen LogP contribution in [0, 0.1) is 0 Å². The molecule has 0 bridgehead atoms. The standard InChI is InChI=1S/C18H14O7.Na/c1-23-6-7-24-15(20)9-13(19)14-8-12-16(21)10-4-2-3-5-11(10)17(22)18(12)25-14;/h2-5,8-9,19H,6-7H2,1H3;/q;+1/p-1/b13-9-;. The molecule has 7 nitrogen and oxygen atoms in total. The van der Waals surface area contributed by atoms with Crippen LogP contribution in [0.1, 0.15) is 37.8 Å². The molecular weight excluding hydrogens is 351 g/mol. The number of carbonyl (C=O) groups excluding carboxylic acids is 3. The molecule has 0 saturated carbocycles. The van der Waals surface area contributed by atoms with E-state index in [1.54, 1.807) is 12.1 Å². The summed E-state index contributed by atoms with van der Waals surface area (Å²) in [7, 11) is 1.45. The van der Waals surface area contributed by atoms with E-state index in [1.165, 1.54) is 25.3 Å². The number of methoxy groups -OCH3 is 1. The molecule has 1 aromatic carbocycles. The average Bonchev–Trinajstić information content (AvgIpc) is 3.06. The minimum absolute atomic E-state index is 0. The zero-order valence-electron chi connectivity index (χ0n) is 14.2. The zero-order valence-corrected chi connectivity index (χ0v) is 16.2. The number of esters is 1. The van der Waals surface area contributed by atoms with Crippen LogP contribution in [0.5, 0.6) is 0 Å². The van der Waals surface area contributed by atoms with Crippen molar-refractivity contribution in [2.75, 3.05) is 20.3 Å². The Balaban J connectivity index is 0.00000243. The third kappa shape index (κ3) is 3.81. The van der Waals surface area contributed by atoms with E-state index >= 15 is 0 Å². The zero-order chi connectivity index (χ0) is 18.0. The van der Waals surface area contributed by atoms with Crippen LogP contribution in [-0.4, -0.2) is 37.9 Å². The van der Waals surface area contributed by atoms with E-state index in [4.69, 9.17) is 13.9 Å². The summed E-state index contributed by atoms with van der Waals surface area (Å²) < 4.78 is 14.7. The number of ketones is 2. The van der Waals surface area contributed by atoms with Gasteiger partial charge in [-0.2, -0.15) is 0 Å². The number of carbonyl (C=O) groups is 3. The third-order valence-corrected chi connectivity index (χ3v) is 3.62. The molecule has 0 aliphatic heterocycles. The van der Waals surface area contributed by atoms with Crippen LogP contribution in [0.4, 0.5) is 0 Å². The van der Waals surface area contributed by atoms with Gasteiger partial charge in [0.1, 0.15) is 12.4 Å². The molecule has 1 aromatic heterocycles. The minimum atomic E-state index is -0.864. The van der Waals surface area contributed by atoms with Gasteiger partial charge in [-0.1, -0.05) is 30.0 Å². The topological polar surface area (TPSA) is 106 Å². The molecule has 8 heteroatoms. The second kappa shape index (κ2) is 8.46. The van der Waals surface area contributed by atoms with Gasteiger partial charge >= 0.3 is 35.5 Å². The first-order valence-corrected chi connectivity index (χ1v) is 7.40. The Hall–Kier alpha value is -2.19. The van der Waals surface area contributed by atoms with Gasteiger partial charge in [0, 0.05) is 24.3 Å². The van der Waals surface area contributed by atoms with Crippen molar-refractivity contribution in [2.24, 2.45) is 0 Å². The number of hydrogen-bond acceptors (Lipinski definition) is 7. The van der Waals surface area contributed by atoms with Crippen molar-refractivity contribution < 1.29 is 62.9 Å². The van der Waals surface area contributed by atoms with E-state index in [2.05, 4.69) is 0 Å². The van der Waals surface area contributed by atoms with Gasteiger partial charge in [-0.3, -0.25) is 9.59 Å². The molecule has 1 heterocycles. The van der Waals surface area contributed by atoms with Gasteiger partial charge in [0.2, 0.25) is 5.78 Å². The molecule has 0 amide bonds. The molecule has 0 spiro atoms. The van der Waals surface area contributed by atoms with Crippen LogP contribution in [0.2, 0.25) is 0 Å². The Kier molecular flexibility index (Phi) is 6.55. The molecule has 3 rings (SSSR count). The van der Waals surface area contributed by atoms with E-state index in [-0.39, 0.29) is 71.0 Å². The van der Waals surface area contributed by atoms with Crippen LogP contribution in [-0.2, 0) is 14.3 Å². The SMILES string of the molecule is COCCOC(=O)/C=C(\[O-])c1cc2c(o1)C(=O)c1ccccc1C2=O.[Na+]. The smallest absolute Gasteiger partial charge is 0.870 e. The van der Waals surface area contributed by atoms with E-state index in [0.29, 0.717) is 6.08 Å². The fraction of sp³-hybridized carbons (Fsp3) is 0.167. The number of rotatable bonds is 5. The van der Waals surface area contributed by atoms with Gasteiger partial charge in [0.25, 0.3) is 0 Å². The first kappa shape index (κ1) is 20.1. The maximum Gasteiger partial charge on any atom is 1.00 e. The van der Waals surface area contributed by atoms with Crippen molar-refractivity contribution in [3.8, 4) is 0 Å². The molecule has 128 valence electrons. The Morgan fingerprint density at radius 2 is 1.77 bits per heavy atom. The summed E-state index contributed by atoms with van der Waals surface area (Å²) in [6.45, 7) is 0.199. The molecule has 26 heavy (non-hydrogen) atoms. The molecule has 0 saturated heterocycles. The number of ether oxygens (including phenoxy) is 2. The van der Waals surface area contributed by atoms with Crippen LogP contribution < -0.4 is 34.7 Å². The minimum Gasteiger partial charge on any atom is -0.870 e. The van der Waals surface area contributed by atoms with Gasteiger partial charge in [-0.25, -0.2) is 4.79 Å². The van der Waals surface area contributed by atoms with Gasteiger partial charge in [-0.15, -0.1) is 0 Å². The molecule has 0 fully saturated rings. The Morgan fingerprint density at radius 3 is 2.42 bits per heavy atom. The summed E-state index contributed by atoms with van der Waals surface area (Å²) in [5, 5.41) is 12.1. The maximum atomic E-state index is 12.4. The van der Waals surface area contributed by atoms with Crippen molar-refractivity contribution in [2.45, 2.75) is 0 Å². The Labute approximate surface area is 170 Å². The summed E-state index contributed by atoms with van der Waals surface area (Å²) in [5.74, 6) is -3.02. The first-order valence-electron chi connectivity index (χ1n) is 7.40.